The first kappa shape index (κ1) is 24.9. The molecule has 2 rings (SSSR count). The molecule has 1 aromatic carbocycles. The van der Waals surface area contributed by atoms with Gasteiger partial charge in [-0.3, -0.25) is 4.79 Å². The molecule has 2 N–H and O–H groups in total. The fourth-order valence-corrected chi connectivity index (χ4v) is 3.71. The molecular weight excluding hydrogens is 398 g/mol. The lowest BCUT2D eigenvalue weighted by atomic mass is 9.71. The fraction of sp³-hybridized carbons (Fsp3) is 0.286. The van der Waals surface area contributed by atoms with E-state index in [1.807, 2.05) is 69.3 Å². The Balaban J connectivity index is 2.07. The summed E-state index contributed by atoms with van der Waals surface area (Å²) in [6.45, 7) is 10.3. The number of allylic oxidation sites excluding steroid dienone is 10. The molecule has 0 saturated carbocycles. The van der Waals surface area contributed by atoms with E-state index in [2.05, 4.69) is 31.3 Å². The molecule has 4 nitrogen and oxygen atoms in total. The van der Waals surface area contributed by atoms with E-state index in [9.17, 15) is 9.59 Å². The second-order valence-electron chi connectivity index (χ2n) is 8.78. The molecule has 0 atom stereocenters. The number of carboxylic acid groups (broad SMARTS) is 1. The molecule has 32 heavy (non-hydrogen) atoms. The van der Waals surface area contributed by atoms with E-state index in [1.165, 1.54) is 11.6 Å². The van der Waals surface area contributed by atoms with Crippen molar-refractivity contribution in [3.63, 3.8) is 0 Å². The van der Waals surface area contributed by atoms with Crippen molar-refractivity contribution in [2.75, 3.05) is 5.32 Å². The number of carboxylic acids is 1. The van der Waals surface area contributed by atoms with Crippen LogP contribution in [0.4, 0.5) is 5.69 Å². The van der Waals surface area contributed by atoms with Gasteiger partial charge in [0.05, 0.1) is 0 Å². The molecule has 1 aromatic rings. The first-order chi connectivity index (χ1) is 15.1. The number of para-hydroxylation sites is 1. The Bertz CT molecular complexity index is 1030. The molecule has 0 bridgehead atoms. The summed E-state index contributed by atoms with van der Waals surface area (Å²) in [4.78, 5) is 23.2. The van der Waals surface area contributed by atoms with Crippen LogP contribution in [-0.2, 0) is 9.59 Å². The topological polar surface area (TPSA) is 66.4 Å². The Kier molecular flexibility index (Phi) is 8.77. The van der Waals surface area contributed by atoms with Gasteiger partial charge >= 0.3 is 5.97 Å². The number of nitrogens with one attached hydrogen (secondary N) is 1. The summed E-state index contributed by atoms with van der Waals surface area (Å²) in [6.07, 6.45) is 14.5. The normalized spacial score (nSPS) is 18.6. The van der Waals surface area contributed by atoms with Crippen LogP contribution < -0.4 is 5.32 Å². The predicted molar refractivity (Wildman–Crippen MR) is 132 cm³/mol. The average molecular weight is 432 g/mol. The minimum Gasteiger partial charge on any atom is -0.478 e. The molecule has 4 heteroatoms. The van der Waals surface area contributed by atoms with E-state index >= 15 is 0 Å². The first-order valence-electron chi connectivity index (χ1n) is 10.8. The molecule has 0 spiro atoms. The Morgan fingerprint density at radius 3 is 2.41 bits per heavy atom. The van der Waals surface area contributed by atoms with E-state index in [4.69, 9.17) is 5.11 Å². The maximum Gasteiger partial charge on any atom is 0.328 e. The van der Waals surface area contributed by atoms with Crippen molar-refractivity contribution in [2.24, 2.45) is 5.41 Å². The molecule has 0 heterocycles. The van der Waals surface area contributed by atoms with Crippen LogP contribution >= 0.6 is 0 Å². The van der Waals surface area contributed by atoms with Crippen LogP contribution in [-0.4, -0.2) is 17.0 Å². The van der Waals surface area contributed by atoms with Crippen LogP contribution in [0.1, 0.15) is 47.5 Å². The number of aliphatic carboxylic acids is 1. The van der Waals surface area contributed by atoms with Crippen molar-refractivity contribution < 1.29 is 14.7 Å². The molecule has 1 amide bonds. The summed E-state index contributed by atoms with van der Waals surface area (Å²) in [5.41, 5.74) is 5.79. The van der Waals surface area contributed by atoms with Gasteiger partial charge in [0.1, 0.15) is 0 Å². The quantitative estimate of drug-likeness (QED) is 0.369. The summed E-state index contributed by atoms with van der Waals surface area (Å²) in [5, 5.41) is 12.0. The van der Waals surface area contributed by atoms with Gasteiger partial charge in [0.2, 0.25) is 5.91 Å². The SMILES string of the molecule is CC(C=CC1=C(C)C(=CC(=O)O)CCC1(C)C)=CC=CC(C)=CC(=O)Nc1ccccc1. The summed E-state index contributed by atoms with van der Waals surface area (Å²) < 4.78 is 0. The van der Waals surface area contributed by atoms with E-state index in [1.54, 1.807) is 6.08 Å². The number of anilines is 1. The van der Waals surface area contributed by atoms with Gasteiger partial charge in [0.25, 0.3) is 0 Å². The zero-order chi connectivity index (χ0) is 23.7. The minimum atomic E-state index is -0.899. The number of carbonyl (C=O) groups is 2. The van der Waals surface area contributed by atoms with Gasteiger partial charge in [-0.2, -0.15) is 0 Å². The van der Waals surface area contributed by atoms with E-state index in [-0.39, 0.29) is 11.3 Å². The maximum atomic E-state index is 12.1. The summed E-state index contributed by atoms with van der Waals surface area (Å²) in [7, 11) is 0. The standard InChI is InChI=1S/C28H33NO3/c1-20(10-9-11-21(2)18-26(30)29-24-12-7-6-8-13-24)14-15-25-22(3)23(19-27(31)32)16-17-28(25,4)5/h6-15,18-19H,16-17H2,1-5H3,(H,29,30)(H,31,32). The third-order valence-corrected chi connectivity index (χ3v) is 5.56. The summed E-state index contributed by atoms with van der Waals surface area (Å²) in [6, 6.07) is 9.35. The molecule has 0 fully saturated rings. The van der Waals surface area contributed by atoms with Gasteiger partial charge in [-0.05, 0) is 73.5 Å². The lowest BCUT2D eigenvalue weighted by Crippen LogP contribution is -2.20. The second kappa shape index (κ2) is 11.3. The highest BCUT2D eigenvalue weighted by molar-refractivity contribution is 5.99. The second-order valence-corrected chi connectivity index (χ2v) is 8.78. The number of carbonyl (C=O) groups excluding carboxylic acids is 1. The van der Waals surface area contributed by atoms with Crippen molar-refractivity contribution in [1.82, 2.24) is 0 Å². The predicted octanol–water partition coefficient (Wildman–Crippen LogP) is 6.78. The Morgan fingerprint density at radius 2 is 1.75 bits per heavy atom. The monoisotopic (exact) mass is 431 g/mol. The molecule has 0 aliphatic heterocycles. The highest BCUT2D eigenvalue weighted by Crippen LogP contribution is 2.43. The third kappa shape index (κ3) is 7.69. The van der Waals surface area contributed by atoms with Crippen molar-refractivity contribution in [1.29, 1.82) is 0 Å². The number of hydrogen-bond donors (Lipinski definition) is 2. The molecule has 168 valence electrons. The Labute approximate surface area is 191 Å². The lowest BCUT2D eigenvalue weighted by molar-refractivity contribution is -0.131. The van der Waals surface area contributed by atoms with Crippen molar-refractivity contribution in [3.8, 4) is 0 Å². The molecule has 0 unspecified atom stereocenters. The van der Waals surface area contributed by atoms with Gasteiger partial charge in [-0.15, -0.1) is 0 Å². The van der Waals surface area contributed by atoms with Gasteiger partial charge in [0.15, 0.2) is 0 Å². The molecule has 0 saturated heterocycles. The van der Waals surface area contributed by atoms with Gasteiger partial charge in [0, 0.05) is 17.8 Å². The largest absolute Gasteiger partial charge is 0.478 e. The van der Waals surface area contributed by atoms with Gasteiger partial charge in [-0.1, -0.05) is 68.0 Å². The van der Waals surface area contributed by atoms with Crippen molar-refractivity contribution in [3.05, 3.63) is 101 Å². The van der Waals surface area contributed by atoms with Crippen molar-refractivity contribution >= 4 is 17.6 Å². The van der Waals surface area contributed by atoms with Crippen LogP contribution in [0.25, 0.3) is 0 Å². The molecule has 1 aliphatic rings. The molecule has 0 aromatic heterocycles. The minimum absolute atomic E-state index is 0.00200. The number of rotatable bonds is 7. The first-order valence-corrected chi connectivity index (χ1v) is 10.8. The summed E-state index contributed by atoms with van der Waals surface area (Å²) in [5.74, 6) is -1.06. The van der Waals surface area contributed by atoms with Crippen molar-refractivity contribution in [2.45, 2.75) is 47.5 Å². The third-order valence-electron chi connectivity index (χ3n) is 5.56. The fourth-order valence-electron chi connectivity index (χ4n) is 3.71. The van der Waals surface area contributed by atoms with Crippen LogP contribution in [0, 0.1) is 5.41 Å². The molecule has 1 aliphatic carbocycles. The van der Waals surface area contributed by atoms with E-state index in [0.717, 1.165) is 40.8 Å². The zero-order valence-electron chi connectivity index (χ0n) is 19.6. The van der Waals surface area contributed by atoms with Gasteiger partial charge in [-0.25, -0.2) is 4.79 Å². The lowest BCUT2D eigenvalue weighted by Gasteiger charge is -2.34. The van der Waals surface area contributed by atoms with Crippen LogP contribution in [0.15, 0.2) is 101 Å². The Morgan fingerprint density at radius 1 is 1.06 bits per heavy atom. The number of hydrogen-bond acceptors (Lipinski definition) is 2. The highest BCUT2D eigenvalue weighted by Gasteiger charge is 2.29. The smallest absolute Gasteiger partial charge is 0.328 e. The zero-order valence-corrected chi connectivity index (χ0v) is 19.6. The average Bonchev–Trinajstić information content (AvgIpc) is 2.70. The molecular formula is C28H33NO3. The maximum absolute atomic E-state index is 12.1. The van der Waals surface area contributed by atoms with Crippen LogP contribution in [0.3, 0.4) is 0 Å². The summed E-state index contributed by atoms with van der Waals surface area (Å²) >= 11 is 0. The van der Waals surface area contributed by atoms with Crippen LogP contribution in [0.2, 0.25) is 0 Å². The van der Waals surface area contributed by atoms with E-state index in [0.29, 0.717) is 0 Å². The molecule has 0 radical (unpaired) electrons. The number of amides is 1. The number of benzene rings is 1. The van der Waals surface area contributed by atoms with Gasteiger partial charge < -0.3 is 10.4 Å². The van der Waals surface area contributed by atoms with Crippen LogP contribution in [0.5, 0.6) is 0 Å². The highest BCUT2D eigenvalue weighted by atomic mass is 16.4. The Hall–Kier alpha value is -3.40. The van der Waals surface area contributed by atoms with E-state index < -0.39 is 5.97 Å².